The number of nitrogens with zero attached hydrogens (tertiary/aromatic N) is 3. The van der Waals surface area contributed by atoms with Crippen molar-refractivity contribution in [3.05, 3.63) is 29.8 Å². The molecule has 1 N–H and O–H groups in total. The number of likely N-dealkylation sites (tertiary alicyclic amines) is 1. The Bertz CT molecular complexity index is 768. The number of nitrogens with one attached hydrogen (secondary N) is 1. The Morgan fingerprint density at radius 3 is 2.52 bits per heavy atom. The van der Waals surface area contributed by atoms with Crippen LogP contribution < -0.4 is 10.2 Å². The molecule has 2 heterocycles. The van der Waals surface area contributed by atoms with Crippen molar-refractivity contribution in [1.82, 2.24) is 15.1 Å². The van der Waals surface area contributed by atoms with Crippen LogP contribution in [0.5, 0.6) is 0 Å². The molecule has 0 radical (unpaired) electrons. The average Bonchev–Trinajstić information content (AvgIpc) is 3.04. The van der Waals surface area contributed by atoms with Gasteiger partial charge in [0.05, 0.1) is 6.54 Å². The second-order valence-corrected chi connectivity index (χ2v) is 9.97. The van der Waals surface area contributed by atoms with E-state index < -0.39 is 5.60 Å². The number of rotatable bonds is 5. The molecule has 2 amide bonds. The van der Waals surface area contributed by atoms with Gasteiger partial charge in [0.15, 0.2) is 0 Å². The molecule has 2 fully saturated rings. The highest BCUT2D eigenvalue weighted by Crippen LogP contribution is 2.23. The van der Waals surface area contributed by atoms with Crippen molar-refractivity contribution in [3.8, 4) is 0 Å². The Hall–Kier alpha value is -2.28. The smallest absolute Gasteiger partial charge is 0.407 e. The lowest BCUT2D eigenvalue weighted by Crippen LogP contribution is -2.51. The fourth-order valence-corrected chi connectivity index (χ4v) is 4.44. The van der Waals surface area contributed by atoms with Crippen LogP contribution in [0.2, 0.25) is 0 Å². The fraction of sp³-hybridized carbons (Fsp3) is 0.667. The number of carbonyl (C=O) groups excluding carboxylic acids is 2. The highest BCUT2D eigenvalue weighted by atomic mass is 16.6. The summed E-state index contributed by atoms with van der Waals surface area (Å²) in [6, 6.07) is 8.88. The number of piperazine rings is 1. The zero-order valence-corrected chi connectivity index (χ0v) is 19.7. The average molecular weight is 431 g/mol. The first-order valence-electron chi connectivity index (χ1n) is 11.4. The summed E-state index contributed by atoms with van der Waals surface area (Å²) < 4.78 is 5.31. The predicted molar refractivity (Wildman–Crippen MR) is 123 cm³/mol. The summed E-state index contributed by atoms with van der Waals surface area (Å²) in [6.45, 7) is 15.0. The molecular weight excluding hydrogens is 392 g/mol. The topological polar surface area (TPSA) is 65.1 Å². The molecule has 1 aromatic carbocycles. The molecule has 3 rings (SSSR count). The third-order valence-corrected chi connectivity index (χ3v) is 6.06. The molecule has 0 saturated carbocycles. The minimum atomic E-state index is -0.491. The first-order chi connectivity index (χ1) is 14.6. The highest BCUT2D eigenvalue weighted by Gasteiger charge is 2.32. The summed E-state index contributed by atoms with van der Waals surface area (Å²) in [5, 5.41) is 2.87. The molecule has 0 aliphatic carbocycles. The first-order valence-corrected chi connectivity index (χ1v) is 11.4. The summed E-state index contributed by atoms with van der Waals surface area (Å²) in [4.78, 5) is 31.4. The van der Waals surface area contributed by atoms with Crippen molar-refractivity contribution in [1.29, 1.82) is 0 Å². The molecule has 1 aromatic rings. The van der Waals surface area contributed by atoms with Gasteiger partial charge in [-0.3, -0.25) is 9.69 Å². The van der Waals surface area contributed by atoms with Crippen LogP contribution in [0, 0.1) is 12.8 Å². The van der Waals surface area contributed by atoms with Crippen molar-refractivity contribution >= 4 is 17.7 Å². The number of benzene rings is 1. The summed E-state index contributed by atoms with van der Waals surface area (Å²) in [5.74, 6) is 0.546. The monoisotopic (exact) mass is 430 g/mol. The van der Waals surface area contributed by atoms with E-state index in [-0.39, 0.29) is 12.0 Å². The summed E-state index contributed by atoms with van der Waals surface area (Å²) in [6.07, 6.45) is 0.602. The number of hydrogen-bond acceptors (Lipinski definition) is 5. The van der Waals surface area contributed by atoms with Crippen LogP contribution in [0.1, 0.15) is 39.7 Å². The van der Waals surface area contributed by atoms with Crippen LogP contribution in [-0.2, 0) is 9.53 Å². The Labute approximate surface area is 186 Å². The van der Waals surface area contributed by atoms with E-state index in [9.17, 15) is 9.59 Å². The van der Waals surface area contributed by atoms with Gasteiger partial charge in [0, 0.05) is 51.0 Å². The molecule has 2 atom stereocenters. The van der Waals surface area contributed by atoms with E-state index in [1.54, 1.807) is 0 Å². The van der Waals surface area contributed by atoms with Crippen LogP contribution in [0.4, 0.5) is 10.5 Å². The minimum absolute atomic E-state index is 0.205. The molecule has 2 saturated heterocycles. The van der Waals surface area contributed by atoms with Gasteiger partial charge in [-0.15, -0.1) is 0 Å². The van der Waals surface area contributed by atoms with Gasteiger partial charge in [-0.05, 0) is 64.7 Å². The molecule has 7 heteroatoms. The standard InChI is InChI=1S/C24H38N4O3/c1-18-7-6-8-21(13-18)26-9-11-27(12-10-26)22(29)17-28-16-20(14-19(28)2)15-25-23(30)31-24(3,4)5/h6-8,13,19-20H,9-12,14-17H2,1-5H3,(H,25,30)/t19-,20-/m1/s1. The van der Waals surface area contributed by atoms with Crippen LogP contribution in [-0.4, -0.2) is 79.3 Å². The van der Waals surface area contributed by atoms with Crippen LogP contribution in [0.15, 0.2) is 24.3 Å². The van der Waals surface area contributed by atoms with E-state index >= 15 is 0 Å². The lowest BCUT2D eigenvalue weighted by atomic mass is 10.1. The second kappa shape index (κ2) is 9.90. The lowest BCUT2D eigenvalue weighted by molar-refractivity contribution is -0.132. The van der Waals surface area contributed by atoms with Gasteiger partial charge in [-0.25, -0.2) is 4.79 Å². The molecule has 172 valence electrons. The summed E-state index contributed by atoms with van der Waals surface area (Å²) in [7, 11) is 0. The van der Waals surface area contributed by atoms with Crippen molar-refractivity contribution in [2.24, 2.45) is 5.92 Å². The number of aryl methyl sites for hydroxylation is 1. The van der Waals surface area contributed by atoms with E-state index in [1.165, 1.54) is 11.3 Å². The SMILES string of the molecule is Cc1cccc(N2CCN(C(=O)CN3C[C@@H](CNC(=O)OC(C)(C)C)C[C@H]3C)CC2)c1. The number of ether oxygens (including phenoxy) is 1. The highest BCUT2D eigenvalue weighted by molar-refractivity contribution is 5.78. The van der Waals surface area contributed by atoms with Gasteiger partial charge < -0.3 is 19.9 Å². The molecule has 0 bridgehead atoms. The van der Waals surface area contributed by atoms with E-state index in [4.69, 9.17) is 4.74 Å². The summed E-state index contributed by atoms with van der Waals surface area (Å²) >= 11 is 0. The Morgan fingerprint density at radius 2 is 1.87 bits per heavy atom. The fourth-order valence-electron chi connectivity index (χ4n) is 4.44. The molecule has 7 nitrogen and oxygen atoms in total. The second-order valence-electron chi connectivity index (χ2n) is 9.97. The Morgan fingerprint density at radius 1 is 1.16 bits per heavy atom. The summed E-state index contributed by atoms with van der Waals surface area (Å²) in [5.41, 5.74) is 2.00. The quantitative estimate of drug-likeness (QED) is 0.778. The molecule has 0 unspecified atom stereocenters. The van der Waals surface area contributed by atoms with Crippen LogP contribution >= 0.6 is 0 Å². The largest absolute Gasteiger partial charge is 0.444 e. The van der Waals surface area contributed by atoms with Gasteiger partial charge in [-0.2, -0.15) is 0 Å². The Balaban J connectivity index is 1.42. The van der Waals surface area contributed by atoms with E-state index in [0.717, 1.165) is 39.1 Å². The third kappa shape index (κ3) is 6.86. The van der Waals surface area contributed by atoms with Crippen molar-refractivity contribution in [2.75, 3.05) is 50.7 Å². The van der Waals surface area contributed by atoms with Gasteiger partial charge in [0.1, 0.15) is 5.60 Å². The van der Waals surface area contributed by atoms with E-state index in [1.807, 2.05) is 25.7 Å². The molecule has 31 heavy (non-hydrogen) atoms. The van der Waals surface area contributed by atoms with Crippen molar-refractivity contribution < 1.29 is 14.3 Å². The normalized spacial score (nSPS) is 22.5. The number of carbonyl (C=O) groups is 2. The number of hydrogen-bond donors (Lipinski definition) is 1. The molecule has 2 aliphatic heterocycles. The molecular formula is C24H38N4O3. The van der Waals surface area contributed by atoms with Crippen LogP contribution in [0.25, 0.3) is 0 Å². The maximum atomic E-state index is 12.9. The molecule has 0 spiro atoms. The number of alkyl carbamates (subject to hydrolysis) is 1. The van der Waals surface area contributed by atoms with Crippen LogP contribution in [0.3, 0.4) is 0 Å². The zero-order valence-electron chi connectivity index (χ0n) is 19.7. The van der Waals surface area contributed by atoms with Gasteiger partial charge >= 0.3 is 6.09 Å². The van der Waals surface area contributed by atoms with Gasteiger partial charge in [0.2, 0.25) is 5.91 Å². The van der Waals surface area contributed by atoms with Crippen molar-refractivity contribution in [2.45, 2.75) is 52.7 Å². The zero-order chi connectivity index (χ0) is 22.6. The minimum Gasteiger partial charge on any atom is -0.444 e. The predicted octanol–water partition coefficient (Wildman–Crippen LogP) is 2.88. The number of amides is 2. The van der Waals surface area contributed by atoms with E-state index in [0.29, 0.717) is 25.0 Å². The number of anilines is 1. The molecule has 2 aliphatic rings. The molecule has 0 aromatic heterocycles. The van der Waals surface area contributed by atoms with Gasteiger partial charge in [-0.1, -0.05) is 12.1 Å². The van der Waals surface area contributed by atoms with E-state index in [2.05, 4.69) is 53.2 Å². The third-order valence-electron chi connectivity index (χ3n) is 6.06. The van der Waals surface area contributed by atoms with Gasteiger partial charge in [0.25, 0.3) is 0 Å². The Kier molecular flexibility index (Phi) is 7.46. The maximum Gasteiger partial charge on any atom is 0.407 e. The van der Waals surface area contributed by atoms with Crippen molar-refractivity contribution in [3.63, 3.8) is 0 Å². The maximum absolute atomic E-state index is 12.9. The first kappa shape index (κ1) is 23.4. The lowest BCUT2D eigenvalue weighted by Gasteiger charge is -2.37.